The van der Waals surface area contributed by atoms with E-state index >= 15 is 0 Å². The van der Waals surface area contributed by atoms with Crippen molar-refractivity contribution < 1.29 is 0 Å². The van der Waals surface area contributed by atoms with E-state index in [1.54, 1.807) is 17.9 Å². The summed E-state index contributed by atoms with van der Waals surface area (Å²) in [4.78, 5) is 31.1. The molecule has 5 heterocycles. The summed E-state index contributed by atoms with van der Waals surface area (Å²) in [5.74, 6) is 1.69. The minimum Gasteiger partial charge on any atom is -0.354 e. The number of nitrogens with one attached hydrogen (secondary N) is 1. The van der Waals surface area contributed by atoms with Crippen molar-refractivity contribution in [3.8, 4) is 0 Å². The average molecular weight is 366 g/mol. The number of aryl methyl sites for hydroxylation is 1. The van der Waals surface area contributed by atoms with Crippen LogP contribution in [0.15, 0.2) is 35.4 Å². The van der Waals surface area contributed by atoms with E-state index in [1.807, 2.05) is 18.3 Å². The van der Waals surface area contributed by atoms with E-state index in [-0.39, 0.29) is 5.56 Å². The van der Waals surface area contributed by atoms with Gasteiger partial charge in [-0.3, -0.25) is 19.4 Å². The van der Waals surface area contributed by atoms with Crippen LogP contribution in [0.3, 0.4) is 0 Å². The molecule has 5 rings (SSSR count). The summed E-state index contributed by atoms with van der Waals surface area (Å²) >= 11 is 0. The van der Waals surface area contributed by atoms with Crippen molar-refractivity contribution in [2.75, 3.05) is 49.1 Å². The molecule has 0 saturated carbocycles. The lowest BCUT2D eigenvalue weighted by Gasteiger charge is -2.48. The van der Waals surface area contributed by atoms with E-state index in [2.05, 4.69) is 40.8 Å². The van der Waals surface area contributed by atoms with E-state index in [0.717, 1.165) is 45.1 Å². The summed E-state index contributed by atoms with van der Waals surface area (Å²) in [7, 11) is 1.80. The summed E-state index contributed by atoms with van der Waals surface area (Å²) in [6, 6.07) is 6.55. The van der Waals surface area contributed by atoms with Crippen LogP contribution < -0.4 is 15.4 Å². The van der Waals surface area contributed by atoms with Crippen molar-refractivity contribution in [3.63, 3.8) is 0 Å². The maximum atomic E-state index is 12.2. The first kappa shape index (κ1) is 16.2. The molecule has 9 nitrogen and oxygen atoms in total. The lowest BCUT2D eigenvalue weighted by molar-refractivity contribution is 0.156. The number of rotatable bonds is 3. The van der Waals surface area contributed by atoms with Gasteiger partial charge in [0, 0.05) is 58.6 Å². The summed E-state index contributed by atoms with van der Waals surface area (Å²) in [5, 5.41) is 4.65. The summed E-state index contributed by atoms with van der Waals surface area (Å²) in [6.07, 6.45) is 3.41. The van der Waals surface area contributed by atoms with Gasteiger partial charge in [-0.1, -0.05) is 6.07 Å². The van der Waals surface area contributed by atoms with E-state index in [4.69, 9.17) is 0 Å². The van der Waals surface area contributed by atoms with Crippen LogP contribution in [-0.4, -0.2) is 74.9 Å². The molecular formula is C18H22N8O. The van der Waals surface area contributed by atoms with Crippen LogP contribution in [-0.2, 0) is 7.05 Å². The molecule has 140 valence electrons. The van der Waals surface area contributed by atoms with Crippen molar-refractivity contribution in [3.05, 3.63) is 40.9 Å². The largest absolute Gasteiger partial charge is 0.354 e. The standard InChI is InChI=1S/C18H22N8O/c1-23-16-14(10-20-23)17(27)22-18(21-16)26-11-13(12-26)24-6-8-25(9-7-24)15-4-2-3-5-19-15/h2-5,10,13H,6-9,11-12H2,1H3,(H,21,22,27). The Hall–Kier alpha value is -2.94. The molecule has 1 N–H and O–H groups in total. The van der Waals surface area contributed by atoms with Gasteiger partial charge in [0.05, 0.1) is 6.20 Å². The molecule has 2 saturated heterocycles. The second-order valence-electron chi connectivity index (χ2n) is 7.16. The molecule has 0 aromatic carbocycles. The minimum atomic E-state index is -0.129. The van der Waals surface area contributed by atoms with E-state index < -0.39 is 0 Å². The smallest absolute Gasteiger partial charge is 0.263 e. The Balaban J connectivity index is 1.22. The quantitative estimate of drug-likeness (QED) is 0.702. The van der Waals surface area contributed by atoms with Crippen LogP contribution in [0.5, 0.6) is 0 Å². The fourth-order valence-electron chi connectivity index (χ4n) is 3.89. The first-order valence-corrected chi connectivity index (χ1v) is 9.26. The van der Waals surface area contributed by atoms with Crippen LogP contribution in [0, 0.1) is 0 Å². The summed E-state index contributed by atoms with van der Waals surface area (Å²) in [6.45, 7) is 5.80. The van der Waals surface area contributed by atoms with Gasteiger partial charge in [-0.15, -0.1) is 0 Å². The van der Waals surface area contributed by atoms with Gasteiger partial charge in [-0.25, -0.2) is 4.98 Å². The van der Waals surface area contributed by atoms with Crippen LogP contribution in [0.2, 0.25) is 0 Å². The first-order valence-electron chi connectivity index (χ1n) is 9.26. The zero-order valence-electron chi connectivity index (χ0n) is 15.2. The molecule has 0 aliphatic carbocycles. The fraction of sp³-hybridized carbons (Fsp3) is 0.444. The molecule has 2 aliphatic rings. The SMILES string of the molecule is Cn1ncc2c(=O)[nH]c(N3CC(N4CCN(c5ccccn5)CC4)C3)nc21. The Morgan fingerprint density at radius 3 is 2.67 bits per heavy atom. The molecular weight excluding hydrogens is 344 g/mol. The third-order valence-corrected chi connectivity index (χ3v) is 5.55. The highest BCUT2D eigenvalue weighted by molar-refractivity contribution is 5.74. The molecule has 0 bridgehead atoms. The van der Waals surface area contributed by atoms with Gasteiger partial charge in [0.2, 0.25) is 5.95 Å². The number of piperazine rings is 1. The molecule has 0 amide bonds. The maximum Gasteiger partial charge on any atom is 0.263 e. The van der Waals surface area contributed by atoms with Gasteiger partial charge in [-0.05, 0) is 12.1 Å². The highest BCUT2D eigenvalue weighted by Gasteiger charge is 2.35. The van der Waals surface area contributed by atoms with Crippen molar-refractivity contribution in [1.82, 2.24) is 29.6 Å². The van der Waals surface area contributed by atoms with E-state index in [1.165, 1.54) is 0 Å². The number of hydrogen-bond acceptors (Lipinski definition) is 7. The Morgan fingerprint density at radius 1 is 1.11 bits per heavy atom. The lowest BCUT2D eigenvalue weighted by atomic mass is 10.1. The number of nitrogens with zero attached hydrogens (tertiary/aromatic N) is 7. The van der Waals surface area contributed by atoms with Crippen molar-refractivity contribution >= 4 is 22.8 Å². The van der Waals surface area contributed by atoms with Crippen molar-refractivity contribution in [2.45, 2.75) is 6.04 Å². The molecule has 27 heavy (non-hydrogen) atoms. The van der Waals surface area contributed by atoms with E-state index in [9.17, 15) is 4.79 Å². The second-order valence-corrected chi connectivity index (χ2v) is 7.16. The third kappa shape index (κ3) is 2.84. The number of hydrogen-bond donors (Lipinski definition) is 1. The van der Waals surface area contributed by atoms with Crippen molar-refractivity contribution in [1.29, 1.82) is 0 Å². The third-order valence-electron chi connectivity index (χ3n) is 5.55. The second kappa shape index (κ2) is 6.34. The zero-order chi connectivity index (χ0) is 18.4. The summed E-state index contributed by atoms with van der Waals surface area (Å²) < 4.78 is 1.64. The van der Waals surface area contributed by atoms with Gasteiger partial charge < -0.3 is 9.80 Å². The fourth-order valence-corrected chi connectivity index (χ4v) is 3.89. The first-order chi connectivity index (χ1) is 13.2. The molecule has 0 radical (unpaired) electrons. The molecule has 3 aromatic rings. The number of anilines is 2. The monoisotopic (exact) mass is 366 g/mol. The van der Waals surface area contributed by atoms with Gasteiger partial charge >= 0.3 is 0 Å². The van der Waals surface area contributed by atoms with Gasteiger partial charge in [0.1, 0.15) is 11.2 Å². The Labute approximate surface area is 156 Å². The number of aromatic nitrogens is 5. The van der Waals surface area contributed by atoms with E-state index in [0.29, 0.717) is 23.0 Å². The van der Waals surface area contributed by atoms with Crippen molar-refractivity contribution in [2.24, 2.45) is 7.05 Å². The van der Waals surface area contributed by atoms with Gasteiger partial charge in [0.15, 0.2) is 5.65 Å². The highest BCUT2D eigenvalue weighted by Crippen LogP contribution is 2.23. The van der Waals surface area contributed by atoms with Gasteiger partial charge in [-0.2, -0.15) is 10.1 Å². The highest BCUT2D eigenvalue weighted by atomic mass is 16.1. The van der Waals surface area contributed by atoms with Gasteiger partial charge in [0.25, 0.3) is 5.56 Å². The Bertz CT molecular complexity index is 999. The topological polar surface area (TPSA) is 86.2 Å². The normalized spacial score (nSPS) is 18.9. The zero-order valence-corrected chi connectivity index (χ0v) is 15.2. The van der Waals surface area contributed by atoms with Crippen LogP contribution >= 0.6 is 0 Å². The number of H-pyrrole nitrogens is 1. The number of pyridine rings is 1. The minimum absolute atomic E-state index is 0.129. The predicted octanol–water partition coefficient (Wildman–Crippen LogP) is 0.0624. The predicted molar refractivity (Wildman–Crippen MR) is 103 cm³/mol. The molecule has 9 heteroatoms. The molecule has 2 fully saturated rings. The molecule has 0 unspecified atom stereocenters. The molecule has 3 aromatic heterocycles. The lowest BCUT2D eigenvalue weighted by Crippen LogP contribution is -2.63. The van der Waals surface area contributed by atoms with Crippen LogP contribution in [0.25, 0.3) is 11.0 Å². The number of aromatic amines is 1. The number of fused-ring (bicyclic) bond motifs is 1. The molecule has 2 aliphatic heterocycles. The summed E-state index contributed by atoms with van der Waals surface area (Å²) in [5.41, 5.74) is 0.497. The Kier molecular flexibility index (Phi) is 3.82. The maximum absolute atomic E-state index is 12.2. The molecule has 0 atom stereocenters. The Morgan fingerprint density at radius 2 is 1.93 bits per heavy atom. The van der Waals surface area contributed by atoms with Crippen LogP contribution in [0.1, 0.15) is 0 Å². The molecule has 0 spiro atoms. The average Bonchev–Trinajstić information content (AvgIpc) is 3.04. The van der Waals surface area contributed by atoms with Crippen LogP contribution in [0.4, 0.5) is 11.8 Å².